The summed E-state index contributed by atoms with van der Waals surface area (Å²) in [7, 11) is 0. The highest BCUT2D eigenvalue weighted by molar-refractivity contribution is 7.99. The second-order valence-corrected chi connectivity index (χ2v) is 5.58. The van der Waals surface area contributed by atoms with E-state index < -0.39 is 0 Å². The zero-order valence-electron chi connectivity index (χ0n) is 10.7. The van der Waals surface area contributed by atoms with E-state index in [2.05, 4.69) is 29.6 Å². The highest BCUT2D eigenvalue weighted by atomic mass is 32.2. The molecule has 0 saturated heterocycles. The van der Waals surface area contributed by atoms with E-state index in [4.69, 9.17) is 4.74 Å². The van der Waals surface area contributed by atoms with Crippen molar-refractivity contribution in [3.63, 3.8) is 0 Å². The molecule has 1 unspecified atom stereocenters. The van der Waals surface area contributed by atoms with Gasteiger partial charge in [-0.05, 0) is 23.8 Å². The summed E-state index contributed by atoms with van der Waals surface area (Å²) >= 11 is 1.93. The van der Waals surface area contributed by atoms with Crippen molar-refractivity contribution in [2.24, 2.45) is 0 Å². The number of fused-ring (bicyclic) bond motifs is 1. The molecule has 0 fully saturated rings. The van der Waals surface area contributed by atoms with Gasteiger partial charge in [0.1, 0.15) is 12.4 Å². The predicted molar refractivity (Wildman–Crippen MR) is 79.8 cm³/mol. The molecule has 1 N–H and O–H groups in total. The van der Waals surface area contributed by atoms with Gasteiger partial charge in [-0.25, -0.2) is 0 Å². The first kappa shape index (κ1) is 12.6. The molecule has 1 heterocycles. The van der Waals surface area contributed by atoms with Crippen LogP contribution in [0, 0.1) is 0 Å². The normalized spacial score (nSPS) is 17.2. The number of ether oxygens (including phenoxy) is 1. The average molecular weight is 271 g/mol. The van der Waals surface area contributed by atoms with Crippen molar-refractivity contribution in [1.29, 1.82) is 0 Å². The lowest BCUT2D eigenvalue weighted by Crippen LogP contribution is -2.26. The Bertz CT molecular complexity index is 529. The summed E-state index contributed by atoms with van der Waals surface area (Å²) in [5.74, 6) is 2.05. The molecule has 0 bridgehead atoms. The number of nitrogens with one attached hydrogen (secondary N) is 1. The zero-order chi connectivity index (χ0) is 12.9. The fraction of sp³-hybridized carbons (Fsp3) is 0.250. The van der Waals surface area contributed by atoms with Crippen LogP contribution in [0.15, 0.2) is 59.5 Å². The number of rotatable bonds is 5. The molecule has 2 nitrogen and oxygen atoms in total. The fourth-order valence-electron chi connectivity index (χ4n) is 2.25. The smallest absolute Gasteiger partial charge is 0.119 e. The number of para-hydroxylation sites is 1. The molecule has 19 heavy (non-hydrogen) atoms. The Hall–Kier alpha value is -1.45. The molecule has 2 aromatic rings. The van der Waals surface area contributed by atoms with Gasteiger partial charge in [0.05, 0.1) is 0 Å². The second-order valence-electron chi connectivity index (χ2n) is 4.52. The summed E-state index contributed by atoms with van der Waals surface area (Å²) in [5, 5.41) is 3.56. The van der Waals surface area contributed by atoms with E-state index in [1.807, 2.05) is 42.1 Å². The molecule has 2 aromatic carbocycles. The van der Waals surface area contributed by atoms with Gasteiger partial charge in [0, 0.05) is 23.2 Å². The molecule has 1 atom stereocenters. The summed E-state index contributed by atoms with van der Waals surface area (Å²) in [6.07, 6.45) is 0. The summed E-state index contributed by atoms with van der Waals surface area (Å²) in [6, 6.07) is 19.0. The Morgan fingerprint density at radius 3 is 2.74 bits per heavy atom. The Kier molecular flexibility index (Phi) is 4.06. The van der Waals surface area contributed by atoms with E-state index in [1.165, 1.54) is 10.5 Å². The van der Waals surface area contributed by atoms with Crippen molar-refractivity contribution in [3.05, 3.63) is 60.2 Å². The monoisotopic (exact) mass is 271 g/mol. The molecular weight excluding hydrogens is 254 g/mol. The van der Waals surface area contributed by atoms with Crippen LogP contribution < -0.4 is 10.1 Å². The van der Waals surface area contributed by atoms with Crippen LogP contribution in [0.1, 0.15) is 11.6 Å². The average Bonchev–Trinajstić information content (AvgIpc) is 2.88. The fourth-order valence-corrected chi connectivity index (χ4v) is 3.45. The third kappa shape index (κ3) is 3.11. The van der Waals surface area contributed by atoms with E-state index in [1.54, 1.807) is 0 Å². The Morgan fingerprint density at radius 2 is 1.84 bits per heavy atom. The van der Waals surface area contributed by atoms with Crippen LogP contribution in [-0.4, -0.2) is 18.9 Å². The van der Waals surface area contributed by atoms with Gasteiger partial charge in [0.2, 0.25) is 0 Å². The van der Waals surface area contributed by atoms with E-state index in [9.17, 15) is 0 Å². The minimum absolute atomic E-state index is 0.459. The molecule has 0 aliphatic carbocycles. The van der Waals surface area contributed by atoms with E-state index in [0.717, 1.165) is 18.0 Å². The molecule has 0 amide bonds. The standard InChI is InChI=1S/C16H17NOS/c1-2-6-13(7-3-1)18-11-10-17-15-12-19-16-9-5-4-8-14(15)16/h1-9,15,17H,10-12H2. The summed E-state index contributed by atoms with van der Waals surface area (Å²) in [4.78, 5) is 1.41. The van der Waals surface area contributed by atoms with Gasteiger partial charge in [-0.15, -0.1) is 11.8 Å². The quantitative estimate of drug-likeness (QED) is 0.841. The van der Waals surface area contributed by atoms with Crippen molar-refractivity contribution in [2.45, 2.75) is 10.9 Å². The molecule has 1 aliphatic rings. The Morgan fingerprint density at radius 1 is 1.05 bits per heavy atom. The van der Waals surface area contributed by atoms with Crippen molar-refractivity contribution >= 4 is 11.8 Å². The van der Waals surface area contributed by atoms with Crippen LogP contribution in [-0.2, 0) is 0 Å². The first-order chi connectivity index (χ1) is 9.43. The molecule has 1 aliphatic heterocycles. The zero-order valence-corrected chi connectivity index (χ0v) is 11.5. The maximum absolute atomic E-state index is 5.68. The van der Waals surface area contributed by atoms with Crippen molar-refractivity contribution in [2.75, 3.05) is 18.9 Å². The van der Waals surface area contributed by atoms with Crippen molar-refractivity contribution in [1.82, 2.24) is 5.32 Å². The van der Waals surface area contributed by atoms with Crippen LogP contribution in [0.4, 0.5) is 0 Å². The predicted octanol–water partition coefficient (Wildman–Crippen LogP) is 3.50. The summed E-state index contributed by atoms with van der Waals surface area (Å²) < 4.78 is 5.68. The lowest BCUT2D eigenvalue weighted by molar-refractivity contribution is 0.308. The topological polar surface area (TPSA) is 21.3 Å². The van der Waals surface area contributed by atoms with Crippen molar-refractivity contribution < 1.29 is 4.74 Å². The minimum Gasteiger partial charge on any atom is -0.492 e. The van der Waals surface area contributed by atoms with Crippen LogP contribution in [0.2, 0.25) is 0 Å². The second kappa shape index (κ2) is 6.13. The minimum atomic E-state index is 0.459. The number of hydrogen-bond acceptors (Lipinski definition) is 3. The maximum Gasteiger partial charge on any atom is 0.119 e. The highest BCUT2D eigenvalue weighted by Crippen LogP contribution is 2.37. The molecule has 0 aromatic heterocycles. The lowest BCUT2D eigenvalue weighted by Gasteiger charge is -2.13. The van der Waals surface area contributed by atoms with Gasteiger partial charge >= 0.3 is 0 Å². The van der Waals surface area contributed by atoms with Gasteiger partial charge in [-0.1, -0.05) is 36.4 Å². The SMILES string of the molecule is c1ccc(OCCNC2CSc3ccccc32)cc1. The number of benzene rings is 2. The van der Waals surface area contributed by atoms with E-state index in [-0.39, 0.29) is 0 Å². The molecule has 98 valence electrons. The molecule has 3 rings (SSSR count). The van der Waals surface area contributed by atoms with Gasteiger partial charge in [0.15, 0.2) is 0 Å². The number of thioether (sulfide) groups is 1. The third-order valence-corrected chi connectivity index (χ3v) is 4.39. The van der Waals surface area contributed by atoms with Crippen LogP contribution in [0.3, 0.4) is 0 Å². The lowest BCUT2D eigenvalue weighted by atomic mass is 10.1. The van der Waals surface area contributed by atoms with Gasteiger partial charge in [-0.3, -0.25) is 0 Å². The first-order valence-corrected chi connectivity index (χ1v) is 7.55. The van der Waals surface area contributed by atoms with Crippen LogP contribution in [0.5, 0.6) is 5.75 Å². The third-order valence-electron chi connectivity index (χ3n) is 3.20. The highest BCUT2D eigenvalue weighted by Gasteiger charge is 2.21. The maximum atomic E-state index is 5.68. The van der Waals surface area contributed by atoms with Crippen LogP contribution in [0.25, 0.3) is 0 Å². The Labute approximate surface area is 118 Å². The first-order valence-electron chi connectivity index (χ1n) is 6.56. The number of hydrogen-bond donors (Lipinski definition) is 1. The molecule has 0 saturated carbocycles. The van der Waals surface area contributed by atoms with Crippen LogP contribution >= 0.6 is 11.8 Å². The molecule has 0 radical (unpaired) electrons. The molecular formula is C16H17NOS. The molecule has 3 heteroatoms. The van der Waals surface area contributed by atoms with Gasteiger partial charge < -0.3 is 10.1 Å². The summed E-state index contributed by atoms with van der Waals surface area (Å²) in [5.41, 5.74) is 1.42. The molecule has 0 spiro atoms. The largest absolute Gasteiger partial charge is 0.492 e. The van der Waals surface area contributed by atoms with Gasteiger partial charge in [-0.2, -0.15) is 0 Å². The van der Waals surface area contributed by atoms with E-state index >= 15 is 0 Å². The Balaban J connectivity index is 1.47. The van der Waals surface area contributed by atoms with E-state index in [0.29, 0.717) is 12.6 Å². The summed E-state index contributed by atoms with van der Waals surface area (Å²) in [6.45, 7) is 1.57. The van der Waals surface area contributed by atoms with Gasteiger partial charge in [0.25, 0.3) is 0 Å². The van der Waals surface area contributed by atoms with Crippen molar-refractivity contribution in [3.8, 4) is 5.75 Å².